The van der Waals surface area contributed by atoms with Crippen LogP contribution in [0.2, 0.25) is 0 Å². The fraction of sp³-hybridized carbons (Fsp3) is 0.450. The van der Waals surface area contributed by atoms with E-state index in [4.69, 9.17) is 5.11 Å². The molecule has 0 aliphatic heterocycles. The number of carboxylic acids is 1. The Hall–Kier alpha value is -2.77. The first-order valence-corrected chi connectivity index (χ1v) is 9.18. The van der Waals surface area contributed by atoms with Crippen LogP contribution in [-0.4, -0.2) is 32.8 Å². The normalized spacial score (nSPS) is 12.4. The van der Waals surface area contributed by atoms with E-state index in [0.29, 0.717) is 6.42 Å². The number of carbonyl (C=O) groups is 2. The van der Waals surface area contributed by atoms with Crippen molar-refractivity contribution in [3.8, 4) is 0 Å². The first-order valence-electron chi connectivity index (χ1n) is 9.18. The SMILES string of the molecule is CC(C)Cn1ncc(C(=O)NC(CCC(=O)O)Cc2ccccc2)c1C(F)F. The van der Waals surface area contributed by atoms with Gasteiger partial charge in [-0.25, -0.2) is 8.78 Å². The molecule has 2 N–H and O–H groups in total. The van der Waals surface area contributed by atoms with Crippen LogP contribution in [0.5, 0.6) is 0 Å². The van der Waals surface area contributed by atoms with Crippen molar-refractivity contribution in [2.45, 2.75) is 52.1 Å². The maximum Gasteiger partial charge on any atom is 0.303 e. The summed E-state index contributed by atoms with van der Waals surface area (Å²) in [6.07, 6.45) is -1.22. The van der Waals surface area contributed by atoms with Crippen LogP contribution >= 0.6 is 0 Å². The molecular weight excluding hydrogens is 368 g/mol. The molecule has 0 aliphatic rings. The molecule has 6 nitrogen and oxygen atoms in total. The Kier molecular flexibility index (Phi) is 7.66. The van der Waals surface area contributed by atoms with Gasteiger partial charge in [-0.15, -0.1) is 0 Å². The Bertz CT molecular complexity index is 791. The largest absolute Gasteiger partial charge is 0.481 e. The van der Waals surface area contributed by atoms with E-state index in [1.54, 1.807) is 0 Å². The summed E-state index contributed by atoms with van der Waals surface area (Å²) in [5.74, 6) is -1.56. The molecule has 1 heterocycles. The maximum atomic E-state index is 13.6. The van der Waals surface area contributed by atoms with Crippen LogP contribution in [0.4, 0.5) is 8.78 Å². The summed E-state index contributed by atoms with van der Waals surface area (Å²) in [4.78, 5) is 23.6. The molecule has 0 radical (unpaired) electrons. The topological polar surface area (TPSA) is 84.2 Å². The molecule has 152 valence electrons. The zero-order valence-corrected chi connectivity index (χ0v) is 15.9. The fourth-order valence-electron chi connectivity index (χ4n) is 2.98. The molecule has 8 heteroatoms. The molecule has 0 saturated carbocycles. The average molecular weight is 393 g/mol. The molecule has 2 aromatic rings. The summed E-state index contributed by atoms with van der Waals surface area (Å²) < 4.78 is 28.3. The smallest absolute Gasteiger partial charge is 0.303 e. The first-order chi connectivity index (χ1) is 13.3. The Morgan fingerprint density at radius 1 is 1.21 bits per heavy atom. The standard InChI is InChI=1S/C20H25F2N3O3/c1-13(2)12-25-18(19(21)22)16(11-23-25)20(28)24-15(8-9-17(26)27)10-14-6-4-3-5-7-14/h3-7,11,13,15,19H,8-10,12H2,1-2H3,(H,24,28)(H,26,27). The number of nitrogens with zero attached hydrogens (tertiary/aromatic N) is 2. The monoisotopic (exact) mass is 393 g/mol. The third-order valence-electron chi connectivity index (χ3n) is 4.24. The summed E-state index contributed by atoms with van der Waals surface area (Å²) in [5, 5.41) is 15.6. The van der Waals surface area contributed by atoms with Gasteiger partial charge >= 0.3 is 5.97 Å². The van der Waals surface area contributed by atoms with Crippen molar-refractivity contribution in [3.05, 3.63) is 53.3 Å². The highest BCUT2D eigenvalue weighted by molar-refractivity contribution is 5.95. The van der Waals surface area contributed by atoms with Crippen LogP contribution in [0.25, 0.3) is 0 Å². The number of carbonyl (C=O) groups excluding carboxylic acids is 1. The quantitative estimate of drug-likeness (QED) is 0.645. The number of halogens is 2. The van der Waals surface area contributed by atoms with Gasteiger partial charge in [0, 0.05) is 19.0 Å². The van der Waals surface area contributed by atoms with E-state index < -0.39 is 30.0 Å². The number of alkyl halides is 2. The Labute approximate surface area is 162 Å². The molecule has 0 bridgehead atoms. The van der Waals surface area contributed by atoms with Crippen molar-refractivity contribution in [2.24, 2.45) is 5.92 Å². The average Bonchev–Trinajstić information content (AvgIpc) is 3.03. The van der Waals surface area contributed by atoms with E-state index in [1.807, 2.05) is 44.2 Å². The lowest BCUT2D eigenvalue weighted by atomic mass is 10.0. The molecule has 1 unspecified atom stereocenters. The van der Waals surface area contributed by atoms with Crippen molar-refractivity contribution in [1.82, 2.24) is 15.1 Å². The Morgan fingerprint density at radius 2 is 1.89 bits per heavy atom. The van der Waals surface area contributed by atoms with Crippen molar-refractivity contribution in [3.63, 3.8) is 0 Å². The van der Waals surface area contributed by atoms with Crippen LogP contribution in [0, 0.1) is 5.92 Å². The molecule has 0 spiro atoms. The van der Waals surface area contributed by atoms with Crippen LogP contribution in [0.1, 0.15) is 54.7 Å². The maximum absolute atomic E-state index is 13.6. The number of rotatable bonds is 10. The van der Waals surface area contributed by atoms with Crippen LogP contribution < -0.4 is 5.32 Å². The van der Waals surface area contributed by atoms with Crippen LogP contribution in [0.3, 0.4) is 0 Å². The summed E-state index contributed by atoms with van der Waals surface area (Å²) in [5.41, 5.74) is 0.328. The second-order valence-corrected chi connectivity index (χ2v) is 7.11. The molecule has 1 aromatic heterocycles. The number of benzene rings is 1. The van der Waals surface area contributed by atoms with Gasteiger partial charge in [-0.05, 0) is 24.3 Å². The lowest BCUT2D eigenvalue weighted by molar-refractivity contribution is -0.137. The second kappa shape index (κ2) is 9.96. The van der Waals surface area contributed by atoms with Crippen LogP contribution in [-0.2, 0) is 17.8 Å². The van der Waals surface area contributed by atoms with E-state index in [-0.39, 0.29) is 30.9 Å². The highest BCUT2D eigenvalue weighted by Crippen LogP contribution is 2.24. The number of amides is 1. The molecule has 0 saturated heterocycles. The van der Waals surface area contributed by atoms with Gasteiger partial charge in [-0.2, -0.15) is 5.10 Å². The highest BCUT2D eigenvalue weighted by Gasteiger charge is 2.26. The third kappa shape index (κ3) is 6.14. The number of hydrogen-bond donors (Lipinski definition) is 2. The van der Waals surface area contributed by atoms with E-state index in [9.17, 15) is 18.4 Å². The molecule has 0 aliphatic carbocycles. The summed E-state index contributed by atoms with van der Waals surface area (Å²) in [6.45, 7) is 4.02. The highest BCUT2D eigenvalue weighted by atomic mass is 19.3. The van der Waals surface area contributed by atoms with Crippen LogP contribution in [0.15, 0.2) is 36.5 Å². The van der Waals surface area contributed by atoms with Crippen molar-refractivity contribution in [1.29, 1.82) is 0 Å². The molecule has 1 atom stereocenters. The van der Waals surface area contributed by atoms with E-state index >= 15 is 0 Å². The first kappa shape index (κ1) is 21.5. The number of aromatic nitrogens is 2. The van der Waals surface area contributed by atoms with E-state index in [1.165, 1.54) is 0 Å². The number of carboxylic acid groups (broad SMARTS) is 1. The van der Waals surface area contributed by atoms with Gasteiger partial charge in [0.25, 0.3) is 12.3 Å². The molecule has 1 amide bonds. The molecule has 0 fully saturated rings. The van der Waals surface area contributed by atoms with Gasteiger partial charge in [0.1, 0.15) is 5.69 Å². The summed E-state index contributed by atoms with van der Waals surface area (Å²) in [6, 6.07) is 8.78. The zero-order chi connectivity index (χ0) is 20.7. The summed E-state index contributed by atoms with van der Waals surface area (Å²) >= 11 is 0. The van der Waals surface area contributed by atoms with Gasteiger partial charge in [-0.3, -0.25) is 14.3 Å². The van der Waals surface area contributed by atoms with Gasteiger partial charge < -0.3 is 10.4 Å². The van der Waals surface area contributed by atoms with Gasteiger partial charge in [0.15, 0.2) is 0 Å². The van der Waals surface area contributed by atoms with E-state index in [2.05, 4.69) is 10.4 Å². The number of nitrogens with one attached hydrogen (secondary N) is 1. The molecule has 2 rings (SSSR count). The Morgan fingerprint density at radius 3 is 2.46 bits per heavy atom. The zero-order valence-electron chi connectivity index (χ0n) is 15.9. The molecule has 1 aromatic carbocycles. The fourth-order valence-corrected chi connectivity index (χ4v) is 2.98. The second-order valence-electron chi connectivity index (χ2n) is 7.11. The Balaban J connectivity index is 2.19. The minimum atomic E-state index is -2.84. The van der Waals surface area contributed by atoms with Gasteiger partial charge in [-0.1, -0.05) is 44.2 Å². The predicted octanol–water partition coefficient (Wildman–Crippen LogP) is 3.68. The van der Waals surface area contributed by atoms with Crippen molar-refractivity contribution < 1.29 is 23.5 Å². The predicted molar refractivity (Wildman–Crippen MR) is 100 cm³/mol. The number of hydrogen-bond acceptors (Lipinski definition) is 3. The minimum Gasteiger partial charge on any atom is -0.481 e. The lowest BCUT2D eigenvalue weighted by Gasteiger charge is -2.18. The third-order valence-corrected chi connectivity index (χ3v) is 4.24. The number of aliphatic carboxylic acids is 1. The van der Waals surface area contributed by atoms with Gasteiger partial charge in [0.05, 0.1) is 11.8 Å². The lowest BCUT2D eigenvalue weighted by Crippen LogP contribution is -2.37. The van der Waals surface area contributed by atoms with Crippen molar-refractivity contribution in [2.75, 3.05) is 0 Å². The van der Waals surface area contributed by atoms with Crippen molar-refractivity contribution >= 4 is 11.9 Å². The molecular formula is C20H25F2N3O3. The minimum absolute atomic E-state index is 0.0923. The van der Waals surface area contributed by atoms with E-state index in [0.717, 1.165) is 16.4 Å². The summed E-state index contributed by atoms with van der Waals surface area (Å²) in [7, 11) is 0. The molecule has 28 heavy (non-hydrogen) atoms. The van der Waals surface area contributed by atoms with Gasteiger partial charge in [0.2, 0.25) is 0 Å².